The van der Waals surface area contributed by atoms with Gasteiger partial charge in [-0.1, -0.05) is 49.6 Å². The third kappa shape index (κ3) is 2.27. The quantitative estimate of drug-likeness (QED) is 0.871. The van der Waals surface area contributed by atoms with Crippen LogP contribution in [0.1, 0.15) is 46.0 Å². The van der Waals surface area contributed by atoms with Crippen LogP contribution in [0.2, 0.25) is 0 Å². The van der Waals surface area contributed by atoms with Gasteiger partial charge in [0.15, 0.2) is 11.4 Å². The molecule has 2 heteroatoms. The second-order valence-corrected chi connectivity index (χ2v) is 5.02. The molecule has 0 spiro atoms. The lowest BCUT2D eigenvalue weighted by Gasteiger charge is -2.37. The van der Waals surface area contributed by atoms with Crippen LogP contribution in [-0.4, -0.2) is 10.9 Å². The first-order valence-electron chi connectivity index (χ1n) is 6.44. The van der Waals surface area contributed by atoms with E-state index < -0.39 is 5.60 Å². The van der Waals surface area contributed by atoms with Crippen molar-refractivity contribution in [2.24, 2.45) is 5.92 Å². The number of benzene rings is 1. The number of aliphatic hydroxyl groups is 1. The lowest BCUT2D eigenvalue weighted by Crippen LogP contribution is -2.42. The molecule has 17 heavy (non-hydrogen) atoms. The standard InChI is InChI=1S/C15H20O2.H2/c1-12(16)15(17,13-8-4-2-5-9-13)14-10-6-3-7-11-14;/h2,4-5,8-9,14,17H,3,6-7,10-11H2,1H3;1H. The largest absolute Gasteiger partial charge is 0.377 e. The minimum absolute atomic E-state index is 0. The molecule has 0 aromatic heterocycles. The Bertz CT molecular complexity index is 385. The minimum atomic E-state index is -1.28. The Morgan fingerprint density at radius 1 is 1.24 bits per heavy atom. The zero-order valence-electron chi connectivity index (χ0n) is 10.4. The lowest BCUT2D eigenvalue weighted by atomic mass is 9.71. The van der Waals surface area contributed by atoms with Gasteiger partial charge < -0.3 is 5.11 Å². The van der Waals surface area contributed by atoms with E-state index >= 15 is 0 Å². The summed E-state index contributed by atoms with van der Waals surface area (Å²) < 4.78 is 0. The van der Waals surface area contributed by atoms with Gasteiger partial charge in [0.2, 0.25) is 0 Å². The Kier molecular flexibility index (Phi) is 3.63. The van der Waals surface area contributed by atoms with Crippen LogP contribution in [0.15, 0.2) is 30.3 Å². The van der Waals surface area contributed by atoms with Crippen molar-refractivity contribution in [2.45, 2.75) is 44.6 Å². The van der Waals surface area contributed by atoms with Crippen LogP contribution in [0.5, 0.6) is 0 Å². The molecule has 1 atom stereocenters. The van der Waals surface area contributed by atoms with Crippen LogP contribution < -0.4 is 0 Å². The van der Waals surface area contributed by atoms with Crippen molar-refractivity contribution < 1.29 is 11.3 Å². The molecule has 2 nitrogen and oxygen atoms in total. The SMILES string of the molecule is CC(=O)C(O)(c1ccccc1)C1CCCCC1.[HH]. The average molecular weight is 234 g/mol. The third-order valence-electron chi connectivity index (χ3n) is 3.95. The van der Waals surface area contributed by atoms with E-state index in [1.54, 1.807) is 0 Å². The molecule has 0 heterocycles. The highest BCUT2D eigenvalue weighted by Gasteiger charge is 2.42. The van der Waals surface area contributed by atoms with Gasteiger partial charge in [0, 0.05) is 1.43 Å². The van der Waals surface area contributed by atoms with E-state index in [1.165, 1.54) is 13.3 Å². The van der Waals surface area contributed by atoms with Crippen molar-refractivity contribution in [1.29, 1.82) is 0 Å². The molecule has 0 amide bonds. The molecule has 0 radical (unpaired) electrons. The normalized spacial score (nSPS) is 20.8. The molecule has 0 saturated heterocycles. The van der Waals surface area contributed by atoms with Gasteiger partial charge in [-0.25, -0.2) is 0 Å². The van der Waals surface area contributed by atoms with Crippen LogP contribution >= 0.6 is 0 Å². The maximum Gasteiger partial charge on any atom is 0.166 e. The molecule has 1 saturated carbocycles. The van der Waals surface area contributed by atoms with E-state index in [0.29, 0.717) is 0 Å². The predicted octanol–water partition coefficient (Wildman–Crippen LogP) is 3.29. The Labute approximate surface area is 104 Å². The molecule has 1 fully saturated rings. The highest BCUT2D eigenvalue weighted by atomic mass is 16.3. The van der Waals surface area contributed by atoms with E-state index in [4.69, 9.17) is 0 Å². The molecular weight excluding hydrogens is 212 g/mol. The second kappa shape index (κ2) is 5.01. The summed E-state index contributed by atoms with van der Waals surface area (Å²) in [5, 5.41) is 10.8. The smallest absolute Gasteiger partial charge is 0.166 e. The first kappa shape index (κ1) is 12.3. The number of hydrogen-bond acceptors (Lipinski definition) is 2. The molecule has 1 aliphatic rings. The van der Waals surface area contributed by atoms with Gasteiger partial charge in [0.25, 0.3) is 0 Å². The van der Waals surface area contributed by atoms with Gasteiger partial charge in [-0.2, -0.15) is 0 Å². The predicted molar refractivity (Wildman–Crippen MR) is 69.7 cm³/mol. The summed E-state index contributed by atoms with van der Waals surface area (Å²) >= 11 is 0. The maximum atomic E-state index is 11.9. The van der Waals surface area contributed by atoms with Gasteiger partial charge >= 0.3 is 0 Å². The monoisotopic (exact) mass is 234 g/mol. The van der Waals surface area contributed by atoms with Crippen LogP contribution in [0.4, 0.5) is 0 Å². The van der Waals surface area contributed by atoms with E-state index in [1.807, 2.05) is 30.3 Å². The molecule has 1 aliphatic carbocycles. The summed E-state index contributed by atoms with van der Waals surface area (Å²) in [5.41, 5.74) is -0.527. The number of ketones is 1. The molecule has 0 aliphatic heterocycles. The highest BCUT2D eigenvalue weighted by molar-refractivity contribution is 5.86. The average Bonchev–Trinajstić information content (AvgIpc) is 2.39. The van der Waals surface area contributed by atoms with Crippen molar-refractivity contribution in [1.82, 2.24) is 0 Å². The van der Waals surface area contributed by atoms with E-state index in [0.717, 1.165) is 31.2 Å². The molecule has 94 valence electrons. The number of hydrogen-bond donors (Lipinski definition) is 1. The van der Waals surface area contributed by atoms with E-state index in [9.17, 15) is 9.90 Å². The van der Waals surface area contributed by atoms with Gasteiger partial charge in [0.05, 0.1) is 0 Å². The van der Waals surface area contributed by atoms with Crippen molar-refractivity contribution >= 4 is 5.78 Å². The second-order valence-electron chi connectivity index (χ2n) is 5.02. The molecule has 1 aromatic rings. The van der Waals surface area contributed by atoms with Crippen LogP contribution in [0.3, 0.4) is 0 Å². The van der Waals surface area contributed by atoms with E-state index in [2.05, 4.69) is 0 Å². The fourth-order valence-electron chi connectivity index (χ4n) is 2.94. The number of carbonyl (C=O) groups excluding carboxylic acids is 1. The molecule has 0 bridgehead atoms. The molecule has 1 N–H and O–H groups in total. The van der Waals surface area contributed by atoms with Crippen molar-refractivity contribution in [3.05, 3.63) is 35.9 Å². The Morgan fingerprint density at radius 2 is 1.82 bits per heavy atom. The van der Waals surface area contributed by atoms with Crippen molar-refractivity contribution in [3.63, 3.8) is 0 Å². The maximum absolute atomic E-state index is 11.9. The van der Waals surface area contributed by atoms with Crippen LogP contribution in [0, 0.1) is 5.92 Å². The molecule has 2 rings (SSSR count). The zero-order chi connectivity index (χ0) is 12.3. The summed E-state index contributed by atoms with van der Waals surface area (Å²) in [5.74, 6) is -0.0493. The summed E-state index contributed by atoms with van der Waals surface area (Å²) in [7, 11) is 0. The van der Waals surface area contributed by atoms with E-state index in [-0.39, 0.29) is 13.1 Å². The fourth-order valence-corrected chi connectivity index (χ4v) is 2.94. The summed E-state index contributed by atoms with van der Waals surface area (Å²) in [6.07, 6.45) is 5.36. The Balaban J connectivity index is 0.00000162. The summed E-state index contributed by atoms with van der Waals surface area (Å²) in [4.78, 5) is 11.9. The minimum Gasteiger partial charge on any atom is -0.377 e. The van der Waals surface area contributed by atoms with Gasteiger partial charge in [0.1, 0.15) is 0 Å². The van der Waals surface area contributed by atoms with Gasteiger partial charge in [-0.3, -0.25) is 4.79 Å². The van der Waals surface area contributed by atoms with Crippen molar-refractivity contribution in [2.75, 3.05) is 0 Å². The number of carbonyl (C=O) groups is 1. The first-order chi connectivity index (χ1) is 8.15. The molecular formula is C15H22O2. The molecule has 1 unspecified atom stereocenters. The van der Waals surface area contributed by atoms with Gasteiger partial charge in [-0.05, 0) is 31.2 Å². The Hall–Kier alpha value is -1.15. The summed E-state index contributed by atoms with van der Waals surface area (Å²) in [6.45, 7) is 1.50. The third-order valence-corrected chi connectivity index (χ3v) is 3.95. The lowest BCUT2D eigenvalue weighted by molar-refractivity contribution is -0.144. The van der Waals surface area contributed by atoms with Gasteiger partial charge in [-0.15, -0.1) is 0 Å². The Morgan fingerprint density at radius 3 is 2.35 bits per heavy atom. The topological polar surface area (TPSA) is 37.3 Å². The number of Topliss-reactive ketones (excluding diaryl/α,β-unsaturated/α-hetero) is 1. The molecule has 1 aromatic carbocycles. The van der Waals surface area contributed by atoms with Crippen LogP contribution in [0.25, 0.3) is 0 Å². The van der Waals surface area contributed by atoms with Crippen molar-refractivity contribution in [3.8, 4) is 0 Å². The van der Waals surface area contributed by atoms with Crippen LogP contribution in [-0.2, 0) is 10.4 Å². The zero-order valence-corrected chi connectivity index (χ0v) is 10.4. The summed E-state index contributed by atoms with van der Waals surface area (Å²) in [6, 6.07) is 9.38. The number of rotatable bonds is 3. The highest BCUT2D eigenvalue weighted by Crippen LogP contribution is 2.39. The fraction of sp³-hybridized carbons (Fsp3) is 0.533. The first-order valence-corrected chi connectivity index (χ1v) is 6.44.